The van der Waals surface area contributed by atoms with Crippen molar-refractivity contribution in [1.82, 2.24) is 9.97 Å². The van der Waals surface area contributed by atoms with E-state index in [2.05, 4.69) is 20.3 Å². The number of hydrogen-bond acceptors (Lipinski definition) is 6. The molecule has 9 heteroatoms. The van der Waals surface area contributed by atoms with E-state index in [9.17, 15) is 9.18 Å². The van der Waals surface area contributed by atoms with E-state index in [-0.39, 0.29) is 25.3 Å². The van der Waals surface area contributed by atoms with Gasteiger partial charge in [0.1, 0.15) is 29.5 Å². The molecule has 0 radical (unpaired) electrons. The first-order valence-electron chi connectivity index (χ1n) is 7.90. The van der Waals surface area contributed by atoms with Crippen LogP contribution in [0.1, 0.15) is 22.5 Å². The van der Waals surface area contributed by atoms with Gasteiger partial charge in [0, 0.05) is 18.8 Å². The van der Waals surface area contributed by atoms with Gasteiger partial charge in [-0.05, 0) is 29.8 Å². The minimum atomic E-state index is -0.933. The fourth-order valence-corrected chi connectivity index (χ4v) is 2.83. The molecule has 26 heavy (non-hydrogen) atoms. The summed E-state index contributed by atoms with van der Waals surface area (Å²) in [6.45, 7) is -0.169. The Morgan fingerprint density at radius 1 is 1.38 bits per heavy atom. The second-order valence-electron chi connectivity index (χ2n) is 5.81. The summed E-state index contributed by atoms with van der Waals surface area (Å²) >= 11 is 5.77. The van der Waals surface area contributed by atoms with Gasteiger partial charge in [0.25, 0.3) is 5.91 Å². The van der Waals surface area contributed by atoms with Crippen molar-refractivity contribution in [2.45, 2.75) is 12.0 Å². The fraction of sp³-hybridized carbons (Fsp3) is 0.294. The summed E-state index contributed by atoms with van der Waals surface area (Å²) in [5, 5.41) is 3.09. The van der Waals surface area contributed by atoms with Crippen LogP contribution >= 0.6 is 11.6 Å². The topological polar surface area (TPSA) is 102 Å². The molecule has 0 bridgehead atoms. The smallest absolute Gasteiger partial charge is 0.275 e. The molecule has 136 valence electrons. The zero-order chi connectivity index (χ0) is 18.6. The second kappa shape index (κ2) is 7.76. The molecule has 1 unspecified atom stereocenters. The Bertz CT molecular complexity index is 830. The van der Waals surface area contributed by atoms with E-state index in [4.69, 9.17) is 22.1 Å². The number of anilines is 1. The number of nitrogens with two attached hydrogens (primary N) is 1. The lowest BCUT2D eigenvalue weighted by Crippen LogP contribution is -2.40. The molecule has 0 aliphatic carbocycles. The second-order valence-corrected chi connectivity index (χ2v) is 6.25. The van der Waals surface area contributed by atoms with E-state index >= 15 is 0 Å². The number of carbonyl (C=O) groups is 1. The molecule has 0 fully saturated rings. The first-order valence-corrected chi connectivity index (χ1v) is 8.27. The minimum absolute atomic E-state index is 0.115. The molecule has 3 heterocycles. The van der Waals surface area contributed by atoms with Crippen molar-refractivity contribution >= 4 is 29.2 Å². The maximum absolute atomic E-state index is 13.1. The lowest BCUT2D eigenvalue weighted by Gasteiger charge is -2.33. The first-order chi connectivity index (χ1) is 12.5. The Balaban J connectivity index is 1.86. The molecule has 2 aromatic heterocycles. The molecule has 1 aliphatic rings. The van der Waals surface area contributed by atoms with Crippen LogP contribution in [0.4, 0.5) is 10.2 Å². The number of alkyl halides is 1. The predicted molar refractivity (Wildman–Crippen MR) is 96.1 cm³/mol. The minimum Gasteiger partial charge on any atom is -0.386 e. The number of amidine groups is 1. The number of halogens is 2. The van der Waals surface area contributed by atoms with E-state index in [1.165, 1.54) is 18.5 Å². The van der Waals surface area contributed by atoms with Crippen molar-refractivity contribution < 1.29 is 13.9 Å². The molecule has 0 saturated carbocycles. The van der Waals surface area contributed by atoms with Gasteiger partial charge in [-0.25, -0.2) is 9.97 Å². The number of hydrogen-bond donors (Lipinski definition) is 2. The molecule has 0 spiro atoms. The third kappa shape index (κ3) is 3.97. The Kier molecular flexibility index (Phi) is 5.43. The quantitative estimate of drug-likeness (QED) is 0.832. The van der Waals surface area contributed by atoms with Crippen LogP contribution in [0.25, 0.3) is 0 Å². The van der Waals surface area contributed by atoms with Crippen LogP contribution < -0.4 is 11.1 Å². The normalized spacial score (nSPS) is 19.7. The Morgan fingerprint density at radius 3 is 2.92 bits per heavy atom. The molecule has 1 amide bonds. The molecule has 2 aromatic rings. The zero-order valence-electron chi connectivity index (χ0n) is 13.8. The number of ether oxygens (including phenoxy) is 1. The average molecular weight is 378 g/mol. The maximum Gasteiger partial charge on any atom is 0.275 e. The third-order valence-corrected chi connectivity index (χ3v) is 4.18. The number of rotatable bonds is 5. The standard InChI is InChI=1S/C17H17ClFN5O2/c18-12-1-2-13(22-8-12)16(25)23-15-7-11(3-6-21-15)17(4-5-19)10-26-9-14(20)24-17/h1-3,6-8H,4-5,9-10H2,(H2,20,24)(H,21,23,25). The van der Waals surface area contributed by atoms with E-state index in [0.717, 1.165) is 0 Å². The fourth-order valence-electron chi connectivity index (χ4n) is 2.72. The highest BCUT2D eigenvalue weighted by Crippen LogP contribution is 2.33. The predicted octanol–water partition coefficient (Wildman–Crippen LogP) is 2.32. The summed E-state index contributed by atoms with van der Waals surface area (Å²) in [5.41, 5.74) is 5.71. The summed E-state index contributed by atoms with van der Waals surface area (Å²) in [6.07, 6.45) is 3.01. The number of aromatic nitrogens is 2. The Labute approximate surface area is 154 Å². The van der Waals surface area contributed by atoms with Crippen molar-refractivity contribution in [2.75, 3.05) is 25.2 Å². The number of pyridine rings is 2. The first kappa shape index (κ1) is 18.2. The molecular formula is C17H17ClFN5O2. The van der Waals surface area contributed by atoms with E-state index in [1.807, 2.05) is 0 Å². The summed E-state index contributed by atoms with van der Waals surface area (Å²) in [6, 6.07) is 6.42. The van der Waals surface area contributed by atoms with Gasteiger partial charge in [0.2, 0.25) is 0 Å². The SMILES string of the molecule is NC1=NC(CCF)(c2ccnc(NC(=O)c3ccc(Cl)cn3)c2)COC1. The van der Waals surface area contributed by atoms with Crippen LogP contribution in [0.3, 0.4) is 0 Å². The van der Waals surface area contributed by atoms with E-state index < -0.39 is 18.1 Å². The van der Waals surface area contributed by atoms with Crippen LogP contribution in [-0.2, 0) is 10.3 Å². The van der Waals surface area contributed by atoms with E-state index in [0.29, 0.717) is 22.2 Å². The van der Waals surface area contributed by atoms with Crippen molar-refractivity contribution in [3.63, 3.8) is 0 Å². The van der Waals surface area contributed by atoms with Crippen molar-refractivity contribution in [3.8, 4) is 0 Å². The van der Waals surface area contributed by atoms with Crippen LogP contribution in [0.2, 0.25) is 5.02 Å². The van der Waals surface area contributed by atoms with Crippen molar-refractivity contribution in [2.24, 2.45) is 10.7 Å². The molecule has 7 nitrogen and oxygen atoms in total. The van der Waals surface area contributed by atoms with Crippen molar-refractivity contribution in [3.05, 3.63) is 52.9 Å². The van der Waals surface area contributed by atoms with Crippen LogP contribution in [-0.4, -0.2) is 41.6 Å². The summed E-state index contributed by atoms with van der Waals surface area (Å²) < 4.78 is 18.6. The van der Waals surface area contributed by atoms with Gasteiger partial charge < -0.3 is 15.8 Å². The van der Waals surface area contributed by atoms with Gasteiger partial charge >= 0.3 is 0 Å². The monoisotopic (exact) mass is 377 g/mol. The highest BCUT2D eigenvalue weighted by Gasteiger charge is 2.35. The number of amides is 1. The largest absolute Gasteiger partial charge is 0.386 e. The van der Waals surface area contributed by atoms with Crippen LogP contribution in [0, 0.1) is 0 Å². The van der Waals surface area contributed by atoms with Crippen molar-refractivity contribution in [1.29, 1.82) is 0 Å². The zero-order valence-corrected chi connectivity index (χ0v) is 14.5. The van der Waals surface area contributed by atoms with Crippen LogP contribution in [0.15, 0.2) is 41.7 Å². The number of aliphatic imine (C=N–C) groups is 1. The van der Waals surface area contributed by atoms with Gasteiger partial charge in [-0.1, -0.05) is 11.6 Å². The van der Waals surface area contributed by atoms with Crippen LogP contribution in [0.5, 0.6) is 0 Å². The third-order valence-electron chi connectivity index (χ3n) is 3.96. The van der Waals surface area contributed by atoms with Gasteiger partial charge in [-0.15, -0.1) is 0 Å². The Morgan fingerprint density at radius 2 is 2.23 bits per heavy atom. The molecule has 1 atom stereocenters. The molecular weight excluding hydrogens is 361 g/mol. The summed E-state index contributed by atoms with van der Waals surface area (Å²) in [4.78, 5) is 24.8. The number of carbonyl (C=O) groups excluding carboxylic acids is 1. The Hall–Kier alpha value is -2.58. The molecule has 0 saturated heterocycles. The highest BCUT2D eigenvalue weighted by atomic mass is 35.5. The number of nitrogens with one attached hydrogen (secondary N) is 1. The summed E-state index contributed by atoms with van der Waals surface area (Å²) in [5.74, 6) is 0.160. The van der Waals surface area contributed by atoms with Gasteiger partial charge in [0.05, 0.1) is 18.3 Å². The maximum atomic E-state index is 13.1. The molecule has 0 aromatic carbocycles. The molecule has 3 rings (SSSR count). The molecule has 1 aliphatic heterocycles. The lowest BCUT2D eigenvalue weighted by atomic mass is 9.88. The lowest BCUT2D eigenvalue weighted by molar-refractivity contribution is 0.0886. The van der Waals surface area contributed by atoms with Gasteiger partial charge in [-0.3, -0.25) is 14.2 Å². The highest BCUT2D eigenvalue weighted by molar-refractivity contribution is 6.30. The molecule has 3 N–H and O–H groups in total. The van der Waals surface area contributed by atoms with E-state index in [1.54, 1.807) is 18.2 Å². The van der Waals surface area contributed by atoms with Gasteiger partial charge in [0.15, 0.2) is 0 Å². The average Bonchev–Trinajstić information content (AvgIpc) is 2.63. The van der Waals surface area contributed by atoms with Gasteiger partial charge in [-0.2, -0.15) is 0 Å². The number of nitrogens with zero attached hydrogens (tertiary/aromatic N) is 3. The summed E-state index contributed by atoms with van der Waals surface area (Å²) in [7, 11) is 0.